The van der Waals surface area contributed by atoms with Crippen molar-refractivity contribution in [3.8, 4) is 17.2 Å². The van der Waals surface area contributed by atoms with E-state index in [9.17, 15) is 5.11 Å². The lowest BCUT2D eigenvalue weighted by Gasteiger charge is -2.20. The summed E-state index contributed by atoms with van der Waals surface area (Å²) in [7, 11) is 0. The van der Waals surface area contributed by atoms with E-state index in [0.717, 1.165) is 0 Å². The summed E-state index contributed by atoms with van der Waals surface area (Å²) in [4.78, 5) is 0. The smallest absolute Gasteiger partial charge is 0.292 e. The first-order valence-electron chi connectivity index (χ1n) is 6.87. The van der Waals surface area contributed by atoms with E-state index >= 15 is 0 Å². The molecule has 1 aliphatic carbocycles. The average Bonchev–Trinajstić information content (AvgIpc) is 2.95. The highest BCUT2D eigenvalue weighted by atomic mass is 32.2. The summed E-state index contributed by atoms with van der Waals surface area (Å²) in [5.41, 5.74) is 0.560. The number of phenols is 1. The van der Waals surface area contributed by atoms with E-state index in [1.54, 1.807) is 18.2 Å². The van der Waals surface area contributed by atoms with Crippen molar-refractivity contribution in [2.45, 2.75) is 43.4 Å². The van der Waals surface area contributed by atoms with Gasteiger partial charge in [-0.3, -0.25) is 4.72 Å². The normalized spacial score (nSPS) is 16.4. The van der Waals surface area contributed by atoms with Gasteiger partial charge in [-0.1, -0.05) is 36.5 Å². The minimum atomic E-state index is 0.146. The Kier molecular flexibility index (Phi) is 4.22. The number of benzene rings is 1. The molecule has 1 fully saturated rings. The van der Waals surface area contributed by atoms with Crippen LogP contribution in [-0.4, -0.2) is 21.3 Å². The van der Waals surface area contributed by atoms with Crippen LogP contribution in [0.5, 0.6) is 5.75 Å². The first-order chi connectivity index (χ1) is 9.83. The molecule has 1 heterocycles. The molecular formula is C14H17N3O2S. The summed E-state index contributed by atoms with van der Waals surface area (Å²) in [6.07, 6.45) is 6.30. The monoisotopic (exact) mass is 291 g/mol. The minimum absolute atomic E-state index is 0.146. The SMILES string of the molecule is Oc1ccccc1-c1nnc(SNC2CCCCC2)o1. The Bertz CT molecular complexity index is 567. The second-order valence-electron chi connectivity index (χ2n) is 4.95. The van der Waals surface area contributed by atoms with E-state index in [0.29, 0.717) is 22.7 Å². The maximum atomic E-state index is 9.76. The highest BCUT2D eigenvalue weighted by molar-refractivity contribution is 7.97. The predicted octanol–water partition coefficient (Wildman–Crippen LogP) is 3.37. The molecule has 1 saturated carbocycles. The maximum absolute atomic E-state index is 9.76. The minimum Gasteiger partial charge on any atom is -0.507 e. The van der Waals surface area contributed by atoms with E-state index in [1.807, 2.05) is 6.07 Å². The number of nitrogens with zero attached hydrogens (tertiary/aromatic N) is 2. The highest BCUT2D eigenvalue weighted by Crippen LogP contribution is 2.29. The highest BCUT2D eigenvalue weighted by Gasteiger charge is 2.16. The fourth-order valence-electron chi connectivity index (χ4n) is 2.37. The van der Waals surface area contributed by atoms with Crippen LogP contribution in [0.3, 0.4) is 0 Å². The van der Waals surface area contributed by atoms with Gasteiger partial charge in [0.2, 0.25) is 0 Å². The summed E-state index contributed by atoms with van der Waals surface area (Å²) in [6, 6.07) is 7.47. The zero-order chi connectivity index (χ0) is 13.8. The second-order valence-corrected chi connectivity index (χ2v) is 5.73. The van der Waals surface area contributed by atoms with Crippen molar-refractivity contribution >= 4 is 11.9 Å². The van der Waals surface area contributed by atoms with E-state index in [2.05, 4.69) is 14.9 Å². The Balaban J connectivity index is 1.63. The van der Waals surface area contributed by atoms with E-state index < -0.39 is 0 Å². The molecule has 106 valence electrons. The van der Waals surface area contributed by atoms with Crippen LogP contribution < -0.4 is 4.72 Å². The van der Waals surface area contributed by atoms with E-state index in [-0.39, 0.29) is 5.75 Å². The van der Waals surface area contributed by atoms with E-state index in [1.165, 1.54) is 44.1 Å². The van der Waals surface area contributed by atoms with Crippen molar-refractivity contribution in [3.63, 3.8) is 0 Å². The number of nitrogens with one attached hydrogen (secondary N) is 1. The van der Waals surface area contributed by atoms with Gasteiger partial charge < -0.3 is 9.52 Å². The Hall–Kier alpha value is -1.53. The summed E-state index contributed by atoms with van der Waals surface area (Å²) >= 11 is 1.38. The number of phenolic OH excluding ortho intramolecular Hbond substituents is 1. The van der Waals surface area contributed by atoms with Gasteiger partial charge in [0.1, 0.15) is 5.75 Å². The Morgan fingerprint density at radius 2 is 1.95 bits per heavy atom. The number of aromatic hydroxyl groups is 1. The van der Waals surface area contributed by atoms with Crippen LogP contribution in [0.25, 0.3) is 11.5 Å². The molecule has 2 N–H and O–H groups in total. The van der Waals surface area contributed by atoms with Gasteiger partial charge in [0.05, 0.1) is 5.56 Å². The molecule has 0 saturated heterocycles. The van der Waals surface area contributed by atoms with Crippen molar-refractivity contribution < 1.29 is 9.52 Å². The number of hydrogen-bond acceptors (Lipinski definition) is 6. The Morgan fingerprint density at radius 3 is 2.75 bits per heavy atom. The first kappa shape index (κ1) is 13.5. The molecular weight excluding hydrogens is 274 g/mol. The molecule has 1 aromatic carbocycles. The molecule has 3 rings (SSSR count). The third-order valence-electron chi connectivity index (χ3n) is 3.46. The molecule has 1 aromatic heterocycles. The maximum Gasteiger partial charge on any atom is 0.292 e. The van der Waals surface area contributed by atoms with Gasteiger partial charge in [0.15, 0.2) is 0 Å². The fraction of sp³-hybridized carbons (Fsp3) is 0.429. The Morgan fingerprint density at radius 1 is 1.15 bits per heavy atom. The molecule has 1 aliphatic rings. The molecule has 0 bridgehead atoms. The number of aromatic nitrogens is 2. The van der Waals surface area contributed by atoms with Gasteiger partial charge in [-0.15, -0.1) is 5.10 Å². The van der Waals surface area contributed by atoms with Gasteiger partial charge in [0, 0.05) is 18.0 Å². The first-order valence-corrected chi connectivity index (χ1v) is 7.69. The van der Waals surface area contributed by atoms with Gasteiger partial charge in [-0.2, -0.15) is 0 Å². The topological polar surface area (TPSA) is 71.2 Å². The van der Waals surface area contributed by atoms with Gasteiger partial charge in [0.25, 0.3) is 11.1 Å². The van der Waals surface area contributed by atoms with Crippen molar-refractivity contribution in [2.75, 3.05) is 0 Å². The van der Waals surface area contributed by atoms with Crippen LogP contribution in [0, 0.1) is 0 Å². The molecule has 20 heavy (non-hydrogen) atoms. The Labute approximate surface area is 121 Å². The second kappa shape index (κ2) is 6.28. The third kappa shape index (κ3) is 3.13. The lowest BCUT2D eigenvalue weighted by atomic mass is 9.96. The molecule has 0 aliphatic heterocycles. The zero-order valence-corrected chi connectivity index (χ0v) is 11.9. The molecule has 0 atom stereocenters. The summed E-state index contributed by atoms with van der Waals surface area (Å²) in [6.45, 7) is 0. The summed E-state index contributed by atoms with van der Waals surface area (Å²) in [5.74, 6) is 0.490. The van der Waals surface area contributed by atoms with Crippen LogP contribution in [0.1, 0.15) is 32.1 Å². The molecule has 5 nitrogen and oxygen atoms in total. The van der Waals surface area contributed by atoms with Crippen molar-refractivity contribution in [1.82, 2.24) is 14.9 Å². The lowest BCUT2D eigenvalue weighted by Crippen LogP contribution is -2.25. The van der Waals surface area contributed by atoms with Crippen LogP contribution >= 0.6 is 11.9 Å². The third-order valence-corrected chi connectivity index (χ3v) is 4.25. The number of para-hydroxylation sites is 1. The number of rotatable bonds is 4. The molecule has 0 amide bonds. The van der Waals surface area contributed by atoms with Gasteiger partial charge >= 0.3 is 0 Å². The van der Waals surface area contributed by atoms with Gasteiger partial charge in [-0.25, -0.2) is 0 Å². The zero-order valence-electron chi connectivity index (χ0n) is 11.1. The molecule has 0 radical (unpaired) electrons. The van der Waals surface area contributed by atoms with E-state index in [4.69, 9.17) is 4.42 Å². The van der Waals surface area contributed by atoms with Crippen LogP contribution in [0.2, 0.25) is 0 Å². The molecule has 6 heteroatoms. The fourth-order valence-corrected chi connectivity index (χ4v) is 3.07. The van der Waals surface area contributed by atoms with Crippen molar-refractivity contribution in [3.05, 3.63) is 24.3 Å². The standard InChI is InChI=1S/C14H17N3O2S/c18-12-9-5-4-8-11(12)13-15-16-14(19-13)20-17-10-6-2-1-3-7-10/h4-5,8-10,17-18H,1-3,6-7H2. The predicted molar refractivity (Wildman–Crippen MR) is 77.3 cm³/mol. The quantitative estimate of drug-likeness (QED) is 0.842. The van der Waals surface area contributed by atoms with Crippen molar-refractivity contribution in [2.24, 2.45) is 0 Å². The molecule has 0 spiro atoms. The lowest BCUT2D eigenvalue weighted by molar-refractivity contribution is 0.417. The van der Waals surface area contributed by atoms with Crippen LogP contribution in [0.4, 0.5) is 0 Å². The summed E-state index contributed by atoms with van der Waals surface area (Å²) in [5, 5.41) is 18.2. The van der Waals surface area contributed by atoms with Gasteiger partial charge in [-0.05, 0) is 25.0 Å². The van der Waals surface area contributed by atoms with Crippen LogP contribution in [0.15, 0.2) is 33.9 Å². The molecule has 2 aromatic rings. The largest absolute Gasteiger partial charge is 0.507 e. The van der Waals surface area contributed by atoms with Crippen LogP contribution in [-0.2, 0) is 0 Å². The number of hydrogen-bond donors (Lipinski definition) is 2. The summed E-state index contributed by atoms with van der Waals surface area (Å²) < 4.78 is 8.94. The van der Waals surface area contributed by atoms with Crippen molar-refractivity contribution in [1.29, 1.82) is 0 Å². The molecule has 0 unspecified atom stereocenters. The average molecular weight is 291 g/mol.